The SMILES string of the molecule is C/C=C/C(=O)OCCN(C)Cc1cccs1. The third-order valence-electron chi connectivity index (χ3n) is 2.03. The largest absolute Gasteiger partial charge is 0.461 e. The van der Waals surface area contributed by atoms with E-state index in [-0.39, 0.29) is 5.97 Å². The van der Waals surface area contributed by atoms with E-state index in [1.807, 2.05) is 13.1 Å². The molecule has 4 heteroatoms. The van der Waals surface area contributed by atoms with Gasteiger partial charge in [0.1, 0.15) is 6.61 Å². The number of carbonyl (C=O) groups excluding carboxylic acids is 1. The fourth-order valence-corrected chi connectivity index (χ4v) is 2.02. The summed E-state index contributed by atoms with van der Waals surface area (Å²) in [6.45, 7) is 3.88. The molecule has 0 radical (unpaired) electrons. The number of ether oxygens (including phenoxy) is 1. The monoisotopic (exact) mass is 239 g/mol. The van der Waals surface area contributed by atoms with Crippen LogP contribution in [0.4, 0.5) is 0 Å². The van der Waals surface area contributed by atoms with Crippen molar-refractivity contribution in [3.63, 3.8) is 0 Å². The Hall–Kier alpha value is -1.13. The van der Waals surface area contributed by atoms with Crippen LogP contribution in [-0.4, -0.2) is 31.1 Å². The molecule has 0 amide bonds. The number of likely N-dealkylation sites (N-methyl/N-ethyl adjacent to an activating group) is 1. The third kappa shape index (κ3) is 5.09. The van der Waals surface area contributed by atoms with Gasteiger partial charge in [0.2, 0.25) is 0 Å². The van der Waals surface area contributed by atoms with E-state index in [1.165, 1.54) is 11.0 Å². The van der Waals surface area contributed by atoms with Crippen LogP contribution in [0.25, 0.3) is 0 Å². The summed E-state index contributed by atoms with van der Waals surface area (Å²) in [7, 11) is 2.02. The van der Waals surface area contributed by atoms with E-state index in [2.05, 4.69) is 16.3 Å². The smallest absolute Gasteiger partial charge is 0.330 e. The van der Waals surface area contributed by atoms with Gasteiger partial charge in [-0.15, -0.1) is 11.3 Å². The van der Waals surface area contributed by atoms with Crippen LogP contribution >= 0.6 is 11.3 Å². The summed E-state index contributed by atoms with van der Waals surface area (Å²) >= 11 is 1.74. The van der Waals surface area contributed by atoms with E-state index < -0.39 is 0 Å². The summed E-state index contributed by atoms with van der Waals surface area (Å²) in [5, 5.41) is 2.06. The molecule has 0 fully saturated rings. The first-order valence-electron chi connectivity index (χ1n) is 5.22. The molecule has 0 spiro atoms. The molecule has 0 aliphatic carbocycles. The van der Waals surface area contributed by atoms with Gasteiger partial charge >= 0.3 is 5.97 Å². The Labute approximate surface area is 100 Å². The predicted octanol–water partition coefficient (Wildman–Crippen LogP) is 2.30. The summed E-state index contributed by atoms with van der Waals surface area (Å²) in [5.74, 6) is -0.271. The van der Waals surface area contributed by atoms with Crippen molar-refractivity contribution in [1.82, 2.24) is 4.90 Å². The van der Waals surface area contributed by atoms with Crippen molar-refractivity contribution >= 4 is 17.3 Å². The topological polar surface area (TPSA) is 29.5 Å². The van der Waals surface area contributed by atoms with Gasteiger partial charge in [0.05, 0.1) is 0 Å². The first kappa shape index (κ1) is 12.9. The van der Waals surface area contributed by atoms with Gasteiger partial charge in [-0.1, -0.05) is 12.1 Å². The zero-order valence-corrected chi connectivity index (χ0v) is 10.5. The van der Waals surface area contributed by atoms with Gasteiger partial charge in [-0.3, -0.25) is 4.90 Å². The first-order chi connectivity index (χ1) is 7.72. The maximum absolute atomic E-state index is 11.0. The summed E-state index contributed by atoms with van der Waals surface area (Å²) in [6.07, 6.45) is 3.11. The number of rotatable bonds is 6. The number of allylic oxidation sites excluding steroid dienone is 1. The lowest BCUT2D eigenvalue weighted by molar-refractivity contribution is -0.138. The van der Waals surface area contributed by atoms with Crippen molar-refractivity contribution in [2.75, 3.05) is 20.2 Å². The molecule has 1 heterocycles. The number of thiophene rings is 1. The fraction of sp³-hybridized carbons (Fsp3) is 0.417. The van der Waals surface area contributed by atoms with Gasteiger partial charge in [-0.05, 0) is 25.4 Å². The van der Waals surface area contributed by atoms with Gasteiger partial charge in [0.25, 0.3) is 0 Å². The maximum atomic E-state index is 11.0. The van der Waals surface area contributed by atoms with Gasteiger partial charge < -0.3 is 4.74 Å². The average molecular weight is 239 g/mol. The maximum Gasteiger partial charge on any atom is 0.330 e. The lowest BCUT2D eigenvalue weighted by atomic mass is 10.4. The van der Waals surface area contributed by atoms with Crippen molar-refractivity contribution < 1.29 is 9.53 Å². The molecule has 0 atom stereocenters. The van der Waals surface area contributed by atoms with Crippen molar-refractivity contribution in [1.29, 1.82) is 0 Å². The van der Waals surface area contributed by atoms with Crippen LogP contribution in [0, 0.1) is 0 Å². The Balaban J connectivity index is 2.15. The minimum Gasteiger partial charge on any atom is -0.461 e. The quantitative estimate of drug-likeness (QED) is 0.563. The first-order valence-corrected chi connectivity index (χ1v) is 6.10. The number of nitrogens with zero attached hydrogens (tertiary/aromatic N) is 1. The van der Waals surface area contributed by atoms with Gasteiger partial charge in [-0.25, -0.2) is 4.79 Å². The molecule has 0 aliphatic heterocycles. The van der Waals surface area contributed by atoms with E-state index >= 15 is 0 Å². The summed E-state index contributed by atoms with van der Waals surface area (Å²) in [4.78, 5) is 14.5. The molecule has 0 bridgehead atoms. The Morgan fingerprint density at radius 1 is 1.62 bits per heavy atom. The van der Waals surface area contributed by atoms with Crippen LogP contribution in [0.15, 0.2) is 29.7 Å². The van der Waals surface area contributed by atoms with Crippen LogP contribution in [0.1, 0.15) is 11.8 Å². The van der Waals surface area contributed by atoms with E-state index in [9.17, 15) is 4.79 Å². The molecule has 1 aromatic rings. The molecule has 0 saturated heterocycles. The minimum atomic E-state index is -0.271. The highest BCUT2D eigenvalue weighted by Crippen LogP contribution is 2.10. The van der Waals surface area contributed by atoms with E-state index in [1.54, 1.807) is 24.3 Å². The molecule has 0 N–H and O–H groups in total. The average Bonchev–Trinajstić information content (AvgIpc) is 2.70. The Kier molecular flexibility index (Phi) is 5.82. The number of esters is 1. The van der Waals surface area contributed by atoms with E-state index in [4.69, 9.17) is 4.74 Å². The Bertz CT molecular complexity index is 333. The second-order valence-corrected chi connectivity index (χ2v) is 4.52. The standard InChI is InChI=1S/C12H17NO2S/c1-3-5-12(14)15-8-7-13(2)10-11-6-4-9-16-11/h3-6,9H,7-8,10H2,1-2H3/b5-3+. The lowest BCUT2D eigenvalue weighted by Crippen LogP contribution is -2.23. The molecule has 16 heavy (non-hydrogen) atoms. The third-order valence-corrected chi connectivity index (χ3v) is 2.89. The van der Waals surface area contributed by atoms with Crippen molar-refractivity contribution in [3.05, 3.63) is 34.5 Å². The number of carbonyl (C=O) groups is 1. The molecule has 0 aliphatic rings. The molecule has 0 saturated carbocycles. The molecular formula is C12H17NO2S. The van der Waals surface area contributed by atoms with Crippen LogP contribution in [-0.2, 0) is 16.1 Å². The molecule has 88 valence electrons. The molecule has 0 unspecified atom stereocenters. The van der Waals surface area contributed by atoms with Gasteiger partial charge in [-0.2, -0.15) is 0 Å². The number of hydrogen-bond donors (Lipinski definition) is 0. The lowest BCUT2D eigenvalue weighted by Gasteiger charge is -2.14. The van der Waals surface area contributed by atoms with Crippen LogP contribution < -0.4 is 0 Å². The summed E-state index contributed by atoms with van der Waals surface area (Å²) in [5.41, 5.74) is 0. The fourth-order valence-electron chi connectivity index (χ4n) is 1.23. The summed E-state index contributed by atoms with van der Waals surface area (Å²) < 4.78 is 5.01. The van der Waals surface area contributed by atoms with Crippen molar-refractivity contribution in [2.45, 2.75) is 13.5 Å². The highest BCUT2D eigenvalue weighted by molar-refractivity contribution is 7.09. The molecule has 3 nitrogen and oxygen atoms in total. The zero-order valence-electron chi connectivity index (χ0n) is 9.68. The zero-order chi connectivity index (χ0) is 11.8. The Morgan fingerprint density at radius 2 is 2.44 bits per heavy atom. The molecule has 1 aromatic heterocycles. The predicted molar refractivity (Wildman–Crippen MR) is 66.4 cm³/mol. The van der Waals surface area contributed by atoms with E-state index in [0.717, 1.165) is 13.1 Å². The highest BCUT2D eigenvalue weighted by Gasteiger charge is 2.02. The second-order valence-electron chi connectivity index (χ2n) is 3.48. The summed E-state index contributed by atoms with van der Waals surface area (Å²) in [6, 6.07) is 4.15. The van der Waals surface area contributed by atoms with Gasteiger partial charge in [0.15, 0.2) is 0 Å². The van der Waals surface area contributed by atoms with Crippen molar-refractivity contribution in [2.24, 2.45) is 0 Å². The van der Waals surface area contributed by atoms with E-state index in [0.29, 0.717) is 6.61 Å². The second kappa shape index (κ2) is 7.19. The minimum absolute atomic E-state index is 0.271. The molecule has 0 aromatic carbocycles. The van der Waals surface area contributed by atoms with Crippen LogP contribution in [0.2, 0.25) is 0 Å². The van der Waals surface area contributed by atoms with Crippen molar-refractivity contribution in [3.8, 4) is 0 Å². The normalized spacial score (nSPS) is 11.2. The Morgan fingerprint density at radius 3 is 3.06 bits per heavy atom. The number of hydrogen-bond acceptors (Lipinski definition) is 4. The van der Waals surface area contributed by atoms with Gasteiger partial charge in [0, 0.05) is 24.0 Å². The van der Waals surface area contributed by atoms with Crippen LogP contribution in [0.3, 0.4) is 0 Å². The molecule has 1 rings (SSSR count). The highest BCUT2D eigenvalue weighted by atomic mass is 32.1. The molecular weight excluding hydrogens is 222 g/mol. The van der Waals surface area contributed by atoms with Crippen LogP contribution in [0.5, 0.6) is 0 Å².